The van der Waals surface area contributed by atoms with E-state index >= 15 is 0 Å². The van der Waals surface area contributed by atoms with Crippen molar-refractivity contribution in [3.05, 3.63) is 88.3 Å². The van der Waals surface area contributed by atoms with Crippen LogP contribution in [0.15, 0.2) is 65.9 Å². The Morgan fingerprint density at radius 2 is 2.00 bits per heavy atom. The molecular formula is C27H26N2O3. The van der Waals surface area contributed by atoms with Crippen molar-refractivity contribution in [2.45, 2.75) is 38.6 Å². The topological polar surface area (TPSA) is 73.4 Å². The quantitative estimate of drug-likeness (QED) is 0.456. The number of hydrogen-bond donors (Lipinski definition) is 2. The van der Waals surface area contributed by atoms with Crippen molar-refractivity contribution in [1.82, 2.24) is 9.88 Å². The zero-order valence-corrected chi connectivity index (χ0v) is 18.5. The molecule has 2 N–H and O–H groups in total. The van der Waals surface area contributed by atoms with Gasteiger partial charge in [0.15, 0.2) is 17.6 Å². The van der Waals surface area contributed by atoms with Gasteiger partial charge in [-0.25, -0.2) is 0 Å². The average molecular weight is 427 g/mol. The summed E-state index contributed by atoms with van der Waals surface area (Å²) in [7, 11) is 0. The lowest BCUT2D eigenvalue weighted by Gasteiger charge is -2.46. The summed E-state index contributed by atoms with van der Waals surface area (Å²) in [6, 6.07) is 13.3. The Kier molecular flexibility index (Phi) is 4.59. The molecule has 1 aromatic heterocycles. The van der Waals surface area contributed by atoms with E-state index in [-0.39, 0.29) is 23.0 Å². The molecule has 5 heteroatoms. The number of phenolic OH excluding ortho intramolecular Hbond substituents is 1. The summed E-state index contributed by atoms with van der Waals surface area (Å²) in [6.07, 6.45) is 5.31. The molecule has 0 saturated carbocycles. The number of aromatic nitrogens is 1. The number of ketones is 1. The van der Waals surface area contributed by atoms with Crippen molar-refractivity contribution in [2.75, 3.05) is 6.54 Å². The third-order valence-corrected chi connectivity index (χ3v) is 6.88. The molecule has 3 heterocycles. The lowest BCUT2D eigenvalue weighted by molar-refractivity contribution is -0.116. The monoisotopic (exact) mass is 426 g/mol. The predicted octanol–water partition coefficient (Wildman–Crippen LogP) is 4.98. The summed E-state index contributed by atoms with van der Waals surface area (Å²) in [5.41, 5.74) is 4.61. The largest absolute Gasteiger partial charge is 0.507 e. The van der Waals surface area contributed by atoms with E-state index in [1.165, 1.54) is 0 Å². The normalized spacial score (nSPS) is 19.9. The van der Waals surface area contributed by atoms with Gasteiger partial charge in [-0.2, -0.15) is 0 Å². The zero-order chi connectivity index (χ0) is 22.6. The van der Waals surface area contributed by atoms with E-state index in [1.807, 2.05) is 36.1 Å². The Morgan fingerprint density at radius 1 is 1.22 bits per heavy atom. The van der Waals surface area contributed by atoms with E-state index in [0.29, 0.717) is 12.1 Å². The molecule has 2 aliphatic rings. The van der Waals surface area contributed by atoms with Gasteiger partial charge in [-0.05, 0) is 60.2 Å². The molecule has 0 radical (unpaired) electrons. The fourth-order valence-electron chi connectivity index (χ4n) is 5.07. The number of hydrogen-bond acceptors (Lipinski definition) is 4. The maximum atomic E-state index is 13.4. The van der Waals surface area contributed by atoms with Crippen LogP contribution in [0.1, 0.15) is 53.9 Å². The number of aromatic hydroxyl groups is 1. The number of benzene rings is 2. The molecule has 1 atom stereocenters. The molecule has 0 aliphatic carbocycles. The standard InChI is InChI=1S/C27H26N2O3/c1-16(2)18-8-9-24(31)22(13-18)25(32)19-12-17(3)27(15-30)26-21(10-11-29(27)14-19)20-6-4-5-7-23(20)28-26/h4-9,12-16,28,31H,10-11H2,1-3H3. The number of allylic oxidation sites excluding steroid dienone is 2. The third-order valence-electron chi connectivity index (χ3n) is 6.88. The summed E-state index contributed by atoms with van der Waals surface area (Å²) >= 11 is 0. The number of para-hydroxylation sites is 1. The van der Waals surface area contributed by atoms with E-state index < -0.39 is 5.54 Å². The van der Waals surface area contributed by atoms with Crippen LogP contribution in [0.5, 0.6) is 5.75 Å². The summed E-state index contributed by atoms with van der Waals surface area (Å²) in [4.78, 5) is 31.5. The molecule has 1 unspecified atom stereocenters. The molecule has 2 aromatic carbocycles. The number of nitrogens with zero attached hydrogens (tertiary/aromatic N) is 1. The number of fused-ring (bicyclic) bond motifs is 5. The molecule has 162 valence electrons. The Hall–Kier alpha value is -3.60. The maximum Gasteiger partial charge on any atom is 0.198 e. The Morgan fingerprint density at radius 3 is 2.75 bits per heavy atom. The van der Waals surface area contributed by atoms with E-state index in [0.717, 1.165) is 46.0 Å². The summed E-state index contributed by atoms with van der Waals surface area (Å²) in [5.74, 6) is -0.0357. The van der Waals surface area contributed by atoms with Crippen LogP contribution in [0.2, 0.25) is 0 Å². The van der Waals surface area contributed by atoms with Gasteiger partial charge in [0.05, 0.1) is 11.3 Å². The van der Waals surface area contributed by atoms with Crippen LogP contribution in [0, 0.1) is 0 Å². The van der Waals surface area contributed by atoms with Gasteiger partial charge in [0, 0.05) is 29.2 Å². The molecule has 32 heavy (non-hydrogen) atoms. The van der Waals surface area contributed by atoms with Crippen molar-refractivity contribution in [1.29, 1.82) is 0 Å². The van der Waals surface area contributed by atoms with Crippen molar-refractivity contribution >= 4 is 23.0 Å². The van der Waals surface area contributed by atoms with Crippen LogP contribution in [0.3, 0.4) is 0 Å². The first-order valence-electron chi connectivity index (χ1n) is 11.0. The summed E-state index contributed by atoms with van der Waals surface area (Å²) in [5, 5.41) is 11.5. The molecule has 5 rings (SSSR count). The molecule has 0 spiro atoms. The summed E-state index contributed by atoms with van der Waals surface area (Å²) < 4.78 is 0. The minimum absolute atomic E-state index is 0.0323. The van der Waals surface area contributed by atoms with E-state index in [2.05, 4.69) is 24.9 Å². The second kappa shape index (κ2) is 7.23. The number of H-pyrrole nitrogens is 1. The highest BCUT2D eigenvalue weighted by atomic mass is 16.3. The second-order valence-corrected chi connectivity index (χ2v) is 9.02. The van der Waals surface area contributed by atoms with Crippen LogP contribution in [-0.4, -0.2) is 33.6 Å². The minimum Gasteiger partial charge on any atom is -0.507 e. The molecule has 3 aromatic rings. The fraction of sp³-hybridized carbons (Fsp3) is 0.259. The zero-order valence-electron chi connectivity index (χ0n) is 18.5. The average Bonchev–Trinajstić information content (AvgIpc) is 3.17. The first kappa shape index (κ1) is 20.3. The van der Waals surface area contributed by atoms with E-state index in [4.69, 9.17) is 0 Å². The molecule has 0 amide bonds. The molecule has 0 fully saturated rings. The highest BCUT2D eigenvalue weighted by Gasteiger charge is 2.47. The van der Waals surface area contributed by atoms with Crippen molar-refractivity contribution in [3.63, 3.8) is 0 Å². The molecule has 0 saturated heterocycles. The third kappa shape index (κ3) is 2.77. The first-order chi connectivity index (χ1) is 15.4. The predicted molar refractivity (Wildman–Crippen MR) is 125 cm³/mol. The van der Waals surface area contributed by atoms with Gasteiger partial charge >= 0.3 is 0 Å². The Labute approximate surface area is 187 Å². The molecule has 5 nitrogen and oxygen atoms in total. The number of rotatable bonds is 4. The Bertz CT molecular complexity index is 1330. The highest BCUT2D eigenvalue weighted by molar-refractivity contribution is 6.12. The smallest absolute Gasteiger partial charge is 0.198 e. The van der Waals surface area contributed by atoms with Crippen LogP contribution in [0.25, 0.3) is 10.9 Å². The number of nitrogens with one attached hydrogen (secondary N) is 1. The van der Waals surface area contributed by atoms with E-state index in [1.54, 1.807) is 24.4 Å². The van der Waals surface area contributed by atoms with Gasteiger partial charge in [-0.1, -0.05) is 38.1 Å². The highest BCUT2D eigenvalue weighted by Crippen LogP contribution is 2.45. The second-order valence-electron chi connectivity index (χ2n) is 9.02. The van der Waals surface area contributed by atoms with Crippen LogP contribution in [0.4, 0.5) is 0 Å². The van der Waals surface area contributed by atoms with Crippen LogP contribution < -0.4 is 0 Å². The van der Waals surface area contributed by atoms with Crippen molar-refractivity contribution in [2.24, 2.45) is 0 Å². The lowest BCUT2D eigenvalue weighted by Crippen LogP contribution is -2.51. The van der Waals surface area contributed by atoms with Gasteiger partial charge in [-0.15, -0.1) is 0 Å². The molecule has 0 bridgehead atoms. The number of carbonyl (C=O) groups is 2. The lowest BCUT2D eigenvalue weighted by atomic mass is 9.77. The summed E-state index contributed by atoms with van der Waals surface area (Å²) in [6.45, 7) is 6.61. The van der Waals surface area contributed by atoms with Gasteiger partial charge in [0.2, 0.25) is 0 Å². The molecule has 2 aliphatic heterocycles. The maximum absolute atomic E-state index is 13.4. The number of aldehydes is 1. The SMILES string of the molecule is CC1=CC(C(=O)c2cc(C(C)C)ccc2O)=CN2CCc3c([nH]c4ccccc34)C12C=O. The number of phenols is 1. The first-order valence-corrected chi connectivity index (χ1v) is 11.0. The van der Waals surface area contributed by atoms with Gasteiger partial charge in [0.25, 0.3) is 0 Å². The van der Waals surface area contributed by atoms with Crippen molar-refractivity contribution < 1.29 is 14.7 Å². The van der Waals surface area contributed by atoms with E-state index in [9.17, 15) is 14.7 Å². The number of carbonyl (C=O) groups excluding carboxylic acids is 2. The Balaban J connectivity index is 1.61. The van der Waals surface area contributed by atoms with Crippen molar-refractivity contribution in [3.8, 4) is 5.75 Å². The number of Topliss-reactive ketones (excluding diaryl/α,β-unsaturated/α-hetero) is 1. The molecular weight excluding hydrogens is 400 g/mol. The van der Waals surface area contributed by atoms with Crippen LogP contribution in [-0.2, 0) is 16.8 Å². The van der Waals surface area contributed by atoms with Gasteiger partial charge < -0.3 is 15.0 Å². The number of aromatic amines is 1. The van der Waals surface area contributed by atoms with Crippen LogP contribution >= 0.6 is 0 Å². The minimum atomic E-state index is -0.960. The fourth-order valence-corrected chi connectivity index (χ4v) is 5.07. The van der Waals surface area contributed by atoms with Gasteiger partial charge in [0.1, 0.15) is 5.75 Å². The van der Waals surface area contributed by atoms with Gasteiger partial charge in [-0.3, -0.25) is 9.59 Å².